The summed E-state index contributed by atoms with van der Waals surface area (Å²) in [6.07, 6.45) is 1.76. The molecular weight excluding hydrogens is 284 g/mol. The van der Waals surface area contributed by atoms with Gasteiger partial charge in [-0.1, -0.05) is 23.8 Å². The second kappa shape index (κ2) is 6.45. The fourth-order valence-corrected chi connectivity index (χ4v) is 2.84. The van der Waals surface area contributed by atoms with Crippen LogP contribution >= 0.6 is 0 Å². The predicted octanol–water partition coefficient (Wildman–Crippen LogP) is 3.39. The molecular formula is C16H18N2O2S. The molecule has 0 aliphatic rings. The molecule has 0 amide bonds. The van der Waals surface area contributed by atoms with Crippen LogP contribution in [0.1, 0.15) is 5.56 Å². The first kappa shape index (κ1) is 15.1. The Labute approximate surface area is 125 Å². The van der Waals surface area contributed by atoms with E-state index in [1.54, 1.807) is 42.5 Å². The molecule has 0 bridgehead atoms. The van der Waals surface area contributed by atoms with Crippen molar-refractivity contribution >= 4 is 21.4 Å². The van der Waals surface area contributed by atoms with Crippen molar-refractivity contribution in [1.82, 2.24) is 0 Å². The first-order valence-electron chi connectivity index (χ1n) is 6.55. The smallest absolute Gasteiger partial charge is 0.261 e. The van der Waals surface area contributed by atoms with Crippen molar-refractivity contribution in [3.8, 4) is 0 Å². The molecule has 0 aromatic heterocycles. The van der Waals surface area contributed by atoms with E-state index in [0.717, 1.165) is 11.3 Å². The molecule has 0 spiro atoms. The largest absolute Gasteiger partial charge is 0.382 e. The molecule has 0 aliphatic carbocycles. The summed E-state index contributed by atoms with van der Waals surface area (Å²) in [5, 5.41) is 3.13. The number of aryl methyl sites for hydroxylation is 1. The Balaban J connectivity index is 2.13. The molecule has 5 heteroatoms. The highest BCUT2D eigenvalue weighted by atomic mass is 32.2. The van der Waals surface area contributed by atoms with E-state index in [-0.39, 0.29) is 4.90 Å². The summed E-state index contributed by atoms with van der Waals surface area (Å²) in [6.45, 7) is 6.20. The maximum atomic E-state index is 12.2. The van der Waals surface area contributed by atoms with Crippen LogP contribution in [-0.2, 0) is 10.0 Å². The third-order valence-electron chi connectivity index (χ3n) is 2.92. The number of sulfonamides is 1. The highest BCUT2D eigenvalue weighted by Gasteiger charge is 2.13. The van der Waals surface area contributed by atoms with E-state index in [9.17, 15) is 8.42 Å². The van der Waals surface area contributed by atoms with Gasteiger partial charge in [0.2, 0.25) is 0 Å². The molecule has 4 nitrogen and oxygen atoms in total. The summed E-state index contributed by atoms with van der Waals surface area (Å²) in [6, 6.07) is 13.8. The molecule has 2 aromatic rings. The van der Waals surface area contributed by atoms with E-state index >= 15 is 0 Å². The predicted molar refractivity (Wildman–Crippen MR) is 87.1 cm³/mol. The molecule has 0 heterocycles. The lowest BCUT2D eigenvalue weighted by molar-refractivity contribution is 0.601. The third kappa shape index (κ3) is 4.10. The highest BCUT2D eigenvalue weighted by molar-refractivity contribution is 7.92. The lowest BCUT2D eigenvalue weighted by Gasteiger charge is -2.09. The van der Waals surface area contributed by atoms with Crippen LogP contribution in [-0.4, -0.2) is 15.0 Å². The van der Waals surface area contributed by atoms with E-state index in [2.05, 4.69) is 16.6 Å². The number of hydrogen-bond acceptors (Lipinski definition) is 3. The van der Waals surface area contributed by atoms with Gasteiger partial charge < -0.3 is 5.32 Å². The molecule has 0 fully saturated rings. The van der Waals surface area contributed by atoms with Gasteiger partial charge in [0.1, 0.15) is 0 Å². The van der Waals surface area contributed by atoms with Crippen molar-refractivity contribution in [2.75, 3.05) is 16.6 Å². The fraction of sp³-hybridized carbons (Fsp3) is 0.125. The van der Waals surface area contributed by atoms with Crippen molar-refractivity contribution in [3.63, 3.8) is 0 Å². The average Bonchev–Trinajstić information content (AvgIpc) is 2.47. The molecule has 2 aromatic carbocycles. The molecule has 0 atom stereocenters. The van der Waals surface area contributed by atoms with E-state index < -0.39 is 10.0 Å². The normalized spacial score (nSPS) is 10.9. The molecule has 0 saturated heterocycles. The summed E-state index contributed by atoms with van der Waals surface area (Å²) < 4.78 is 27.0. The highest BCUT2D eigenvalue weighted by Crippen LogP contribution is 2.18. The van der Waals surface area contributed by atoms with Gasteiger partial charge in [-0.3, -0.25) is 4.72 Å². The number of nitrogens with one attached hydrogen (secondary N) is 2. The zero-order valence-corrected chi connectivity index (χ0v) is 12.7. The van der Waals surface area contributed by atoms with E-state index in [4.69, 9.17) is 0 Å². The summed E-state index contributed by atoms with van der Waals surface area (Å²) in [5.74, 6) is 0. The minimum Gasteiger partial charge on any atom is -0.382 e. The van der Waals surface area contributed by atoms with Crippen LogP contribution in [0.3, 0.4) is 0 Å². The van der Waals surface area contributed by atoms with Crippen molar-refractivity contribution in [3.05, 3.63) is 66.7 Å². The number of benzene rings is 2. The Morgan fingerprint density at radius 3 is 2.14 bits per heavy atom. The molecule has 0 saturated carbocycles. The van der Waals surface area contributed by atoms with E-state index in [1.807, 2.05) is 19.1 Å². The maximum absolute atomic E-state index is 12.2. The third-order valence-corrected chi connectivity index (χ3v) is 4.32. The Morgan fingerprint density at radius 2 is 1.57 bits per heavy atom. The van der Waals surface area contributed by atoms with Crippen LogP contribution in [0.15, 0.2) is 66.1 Å². The van der Waals surface area contributed by atoms with Crippen molar-refractivity contribution in [2.45, 2.75) is 11.8 Å². The quantitative estimate of drug-likeness (QED) is 0.804. The number of anilines is 2. The Morgan fingerprint density at radius 1 is 1.00 bits per heavy atom. The van der Waals surface area contributed by atoms with Gasteiger partial charge in [-0.25, -0.2) is 8.42 Å². The summed E-state index contributed by atoms with van der Waals surface area (Å²) in [7, 11) is -3.55. The van der Waals surface area contributed by atoms with E-state index in [1.165, 1.54) is 0 Å². The summed E-state index contributed by atoms with van der Waals surface area (Å²) in [4.78, 5) is 0.252. The molecule has 0 unspecified atom stereocenters. The SMILES string of the molecule is C=CCNc1ccc(NS(=O)(=O)c2ccc(C)cc2)cc1. The van der Waals surface area contributed by atoms with Gasteiger partial charge in [-0.2, -0.15) is 0 Å². The van der Waals surface area contributed by atoms with E-state index in [0.29, 0.717) is 12.2 Å². The standard InChI is InChI=1S/C16H18N2O2S/c1-3-12-17-14-6-8-15(9-7-14)18-21(19,20)16-10-4-13(2)5-11-16/h3-11,17-18H,1,12H2,2H3. The van der Waals surface area contributed by atoms with Crippen molar-refractivity contribution in [1.29, 1.82) is 0 Å². The maximum Gasteiger partial charge on any atom is 0.261 e. The molecule has 0 radical (unpaired) electrons. The average molecular weight is 302 g/mol. The lowest BCUT2D eigenvalue weighted by Crippen LogP contribution is -2.12. The summed E-state index contributed by atoms with van der Waals surface area (Å²) >= 11 is 0. The van der Waals surface area contributed by atoms with Gasteiger partial charge in [-0.05, 0) is 43.3 Å². The van der Waals surface area contributed by atoms with Crippen LogP contribution in [0.2, 0.25) is 0 Å². The Bertz CT molecular complexity index is 705. The van der Waals surface area contributed by atoms with Crippen LogP contribution < -0.4 is 10.0 Å². The molecule has 21 heavy (non-hydrogen) atoms. The number of rotatable bonds is 6. The molecule has 2 N–H and O–H groups in total. The van der Waals surface area contributed by atoms with Crippen LogP contribution in [0.4, 0.5) is 11.4 Å². The number of hydrogen-bond donors (Lipinski definition) is 2. The van der Waals surface area contributed by atoms with Gasteiger partial charge in [0.25, 0.3) is 10.0 Å². The van der Waals surface area contributed by atoms with Gasteiger partial charge >= 0.3 is 0 Å². The van der Waals surface area contributed by atoms with Gasteiger partial charge in [-0.15, -0.1) is 6.58 Å². The monoisotopic (exact) mass is 302 g/mol. The van der Waals surface area contributed by atoms with Gasteiger partial charge in [0.15, 0.2) is 0 Å². The van der Waals surface area contributed by atoms with Crippen molar-refractivity contribution in [2.24, 2.45) is 0 Å². The second-order valence-electron chi connectivity index (χ2n) is 4.67. The van der Waals surface area contributed by atoms with Crippen molar-refractivity contribution < 1.29 is 8.42 Å². The Hall–Kier alpha value is -2.27. The van der Waals surface area contributed by atoms with Crippen LogP contribution in [0.25, 0.3) is 0 Å². The second-order valence-corrected chi connectivity index (χ2v) is 6.35. The van der Waals surface area contributed by atoms with Crippen LogP contribution in [0, 0.1) is 6.92 Å². The van der Waals surface area contributed by atoms with Gasteiger partial charge in [0.05, 0.1) is 4.90 Å². The van der Waals surface area contributed by atoms with Crippen LogP contribution in [0.5, 0.6) is 0 Å². The molecule has 2 rings (SSSR count). The molecule has 110 valence electrons. The minimum absolute atomic E-state index is 0.252. The minimum atomic E-state index is -3.55. The topological polar surface area (TPSA) is 58.2 Å². The zero-order valence-electron chi connectivity index (χ0n) is 11.8. The first-order valence-corrected chi connectivity index (χ1v) is 8.04. The Kier molecular flexibility index (Phi) is 4.65. The fourth-order valence-electron chi connectivity index (χ4n) is 1.78. The first-order chi connectivity index (χ1) is 10.0. The summed E-state index contributed by atoms with van der Waals surface area (Å²) in [5.41, 5.74) is 2.46. The molecule has 0 aliphatic heterocycles. The lowest BCUT2D eigenvalue weighted by atomic mass is 10.2. The van der Waals surface area contributed by atoms with Gasteiger partial charge in [0, 0.05) is 17.9 Å². The zero-order chi connectivity index (χ0) is 15.3.